The number of aryl methyl sites for hydroxylation is 1. The Balaban J connectivity index is 1.78. The van der Waals surface area contributed by atoms with E-state index in [4.69, 9.17) is 4.74 Å². The zero-order chi connectivity index (χ0) is 15.9. The first kappa shape index (κ1) is 15.6. The summed E-state index contributed by atoms with van der Waals surface area (Å²) in [5, 5.41) is 14.3. The predicted molar refractivity (Wildman–Crippen MR) is 83.4 cm³/mol. The van der Waals surface area contributed by atoms with Gasteiger partial charge >= 0.3 is 5.00 Å². The lowest BCUT2D eigenvalue weighted by Crippen LogP contribution is -2.24. The van der Waals surface area contributed by atoms with Crippen LogP contribution in [0.5, 0.6) is 5.75 Å². The molecule has 7 nitrogen and oxygen atoms in total. The number of amides is 1. The van der Waals surface area contributed by atoms with Gasteiger partial charge in [0.2, 0.25) is 0 Å². The Labute approximate surface area is 130 Å². The summed E-state index contributed by atoms with van der Waals surface area (Å²) in [6.45, 7) is 1.80. The van der Waals surface area contributed by atoms with E-state index >= 15 is 0 Å². The maximum Gasteiger partial charge on any atom is 0.324 e. The minimum absolute atomic E-state index is 0.0236. The molecule has 0 spiro atoms. The lowest BCUT2D eigenvalue weighted by Gasteiger charge is -2.04. The molecule has 2 rings (SSSR count). The van der Waals surface area contributed by atoms with Crippen LogP contribution in [0.3, 0.4) is 0 Å². The van der Waals surface area contributed by atoms with Crippen LogP contribution < -0.4 is 10.2 Å². The smallest absolute Gasteiger partial charge is 0.324 e. The number of carbonyl (C=O) groups is 1. The Morgan fingerprint density at radius 2 is 2.09 bits per heavy atom. The van der Waals surface area contributed by atoms with Crippen molar-refractivity contribution in [1.29, 1.82) is 0 Å². The van der Waals surface area contributed by atoms with Crippen LogP contribution in [0, 0.1) is 17.0 Å². The first-order valence-corrected chi connectivity index (χ1v) is 7.12. The van der Waals surface area contributed by atoms with E-state index in [1.807, 2.05) is 19.1 Å². The van der Waals surface area contributed by atoms with Crippen molar-refractivity contribution in [2.24, 2.45) is 5.10 Å². The summed E-state index contributed by atoms with van der Waals surface area (Å²) in [7, 11) is 0. The van der Waals surface area contributed by atoms with Gasteiger partial charge in [0.25, 0.3) is 5.91 Å². The number of nitro groups is 1. The molecule has 1 heterocycles. The number of ether oxygens (including phenoxy) is 1. The fourth-order valence-electron chi connectivity index (χ4n) is 1.49. The maximum absolute atomic E-state index is 11.5. The quantitative estimate of drug-likeness (QED) is 0.503. The molecule has 0 unspecified atom stereocenters. The highest BCUT2D eigenvalue weighted by molar-refractivity contribution is 7.16. The van der Waals surface area contributed by atoms with Crippen molar-refractivity contribution < 1.29 is 14.5 Å². The van der Waals surface area contributed by atoms with E-state index in [1.54, 1.807) is 18.2 Å². The van der Waals surface area contributed by atoms with Gasteiger partial charge in [-0.3, -0.25) is 14.9 Å². The number of hydrogen-bond acceptors (Lipinski definition) is 6. The van der Waals surface area contributed by atoms with Crippen LogP contribution in [0.1, 0.15) is 10.4 Å². The average Bonchev–Trinajstić information content (AvgIpc) is 2.96. The normalized spacial score (nSPS) is 10.6. The van der Waals surface area contributed by atoms with Gasteiger partial charge in [0.05, 0.1) is 16.0 Å². The molecule has 0 fully saturated rings. The van der Waals surface area contributed by atoms with Gasteiger partial charge in [0.1, 0.15) is 5.75 Å². The number of benzene rings is 1. The molecule has 0 saturated heterocycles. The molecule has 22 heavy (non-hydrogen) atoms. The van der Waals surface area contributed by atoms with E-state index in [2.05, 4.69) is 10.5 Å². The summed E-state index contributed by atoms with van der Waals surface area (Å²) in [5.74, 6) is 0.182. The molecule has 0 aliphatic carbocycles. The molecule has 0 atom stereocenters. The third kappa shape index (κ3) is 4.67. The summed E-state index contributed by atoms with van der Waals surface area (Å²) in [6.07, 6.45) is 1.35. The Hall–Kier alpha value is -2.74. The number of hydrogen-bond donors (Lipinski definition) is 1. The number of nitrogens with one attached hydrogen (secondary N) is 1. The monoisotopic (exact) mass is 319 g/mol. The minimum atomic E-state index is -0.476. The highest BCUT2D eigenvalue weighted by Crippen LogP contribution is 2.22. The predicted octanol–water partition coefficient (Wildman–Crippen LogP) is 2.49. The van der Waals surface area contributed by atoms with E-state index in [1.165, 1.54) is 12.3 Å². The van der Waals surface area contributed by atoms with Gasteiger partial charge in [-0.2, -0.15) is 5.10 Å². The van der Waals surface area contributed by atoms with Crippen LogP contribution >= 0.6 is 11.3 Å². The molecule has 114 valence electrons. The molecule has 0 saturated carbocycles. The second-order valence-electron chi connectivity index (χ2n) is 4.33. The Morgan fingerprint density at radius 3 is 2.73 bits per heavy atom. The first-order valence-electron chi connectivity index (χ1n) is 6.30. The third-order valence-corrected chi connectivity index (χ3v) is 3.54. The Bertz CT molecular complexity index is 694. The molecule has 1 aromatic heterocycles. The van der Waals surface area contributed by atoms with Gasteiger partial charge in [0.15, 0.2) is 6.61 Å². The van der Waals surface area contributed by atoms with E-state index in [0.29, 0.717) is 10.6 Å². The lowest BCUT2D eigenvalue weighted by atomic mass is 10.2. The van der Waals surface area contributed by atoms with E-state index in [0.717, 1.165) is 16.9 Å². The molecule has 0 radical (unpaired) electrons. The van der Waals surface area contributed by atoms with Crippen LogP contribution in [0.4, 0.5) is 5.00 Å². The van der Waals surface area contributed by atoms with Crippen molar-refractivity contribution in [2.75, 3.05) is 6.61 Å². The van der Waals surface area contributed by atoms with Crippen LogP contribution in [-0.2, 0) is 4.79 Å². The second kappa shape index (κ2) is 7.32. The molecular weight excluding hydrogens is 306 g/mol. The molecule has 1 amide bonds. The van der Waals surface area contributed by atoms with Gasteiger partial charge in [-0.15, -0.1) is 0 Å². The zero-order valence-corrected chi connectivity index (χ0v) is 12.5. The molecule has 1 N–H and O–H groups in total. The first-order chi connectivity index (χ1) is 10.5. The zero-order valence-electron chi connectivity index (χ0n) is 11.7. The molecule has 8 heteroatoms. The molecule has 0 aliphatic rings. The Morgan fingerprint density at radius 1 is 1.36 bits per heavy atom. The standard InChI is InChI=1S/C14H13N3O4S/c1-10-2-4-11(5-3-10)21-9-13(18)16-15-8-12-6-7-14(22-12)17(19)20/h2-8H,9H2,1H3,(H,16,18). The van der Waals surface area contributed by atoms with Crippen molar-refractivity contribution in [3.8, 4) is 5.75 Å². The maximum atomic E-state index is 11.5. The van der Waals surface area contributed by atoms with Gasteiger partial charge < -0.3 is 4.74 Å². The number of carbonyl (C=O) groups excluding carboxylic acids is 1. The van der Waals surface area contributed by atoms with Crippen molar-refractivity contribution in [3.05, 3.63) is 57.0 Å². The van der Waals surface area contributed by atoms with Gasteiger partial charge in [-0.1, -0.05) is 29.0 Å². The van der Waals surface area contributed by atoms with E-state index in [-0.39, 0.29) is 11.6 Å². The number of thiophene rings is 1. The van der Waals surface area contributed by atoms with Gasteiger partial charge in [0, 0.05) is 6.07 Å². The average molecular weight is 319 g/mol. The van der Waals surface area contributed by atoms with Crippen LogP contribution in [0.25, 0.3) is 0 Å². The summed E-state index contributed by atoms with van der Waals surface area (Å²) >= 11 is 0.973. The van der Waals surface area contributed by atoms with Crippen LogP contribution in [-0.4, -0.2) is 23.7 Å². The summed E-state index contributed by atoms with van der Waals surface area (Å²) in [6, 6.07) is 10.3. The third-order valence-electron chi connectivity index (χ3n) is 2.56. The van der Waals surface area contributed by atoms with Crippen molar-refractivity contribution in [3.63, 3.8) is 0 Å². The van der Waals surface area contributed by atoms with Gasteiger partial charge in [-0.05, 0) is 25.1 Å². The van der Waals surface area contributed by atoms with Crippen molar-refractivity contribution in [1.82, 2.24) is 5.43 Å². The fourth-order valence-corrected chi connectivity index (χ4v) is 2.19. The molecule has 0 bridgehead atoms. The van der Waals surface area contributed by atoms with Crippen LogP contribution in [0.2, 0.25) is 0 Å². The highest BCUT2D eigenvalue weighted by atomic mass is 32.1. The van der Waals surface area contributed by atoms with Crippen molar-refractivity contribution >= 4 is 28.5 Å². The fraction of sp³-hybridized carbons (Fsp3) is 0.143. The minimum Gasteiger partial charge on any atom is -0.484 e. The molecule has 1 aromatic carbocycles. The highest BCUT2D eigenvalue weighted by Gasteiger charge is 2.08. The Kier molecular flexibility index (Phi) is 5.21. The largest absolute Gasteiger partial charge is 0.484 e. The van der Waals surface area contributed by atoms with Gasteiger partial charge in [-0.25, -0.2) is 5.43 Å². The SMILES string of the molecule is Cc1ccc(OCC(=O)NN=Cc2ccc([N+](=O)[O-])s2)cc1. The number of rotatable bonds is 6. The lowest BCUT2D eigenvalue weighted by molar-refractivity contribution is -0.380. The topological polar surface area (TPSA) is 93.8 Å². The van der Waals surface area contributed by atoms with Crippen LogP contribution in [0.15, 0.2) is 41.5 Å². The molecule has 2 aromatic rings. The summed E-state index contributed by atoms with van der Waals surface area (Å²) < 4.78 is 5.29. The summed E-state index contributed by atoms with van der Waals surface area (Å²) in [4.78, 5) is 22.2. The van der Waals surface area contributed by atoms with E-state index < -0.39 is 10.8 Å². The second-order valence-corrected chi connectivity index (χ2v) is 5.42. The van der Waals surface area contributed by atoms with E-state index in [9.17, 15) is 14.9 Å². The number of hydrazone groups is 1. The summed E-state index contributed by atoms with van der Waals surface area (Å²) in [5.41, 5.74) is 3.40. The molecule has 0 aliphatic heterocycles. The van der Waals surface area contributed by atoms with Crippen molar-refractivity contribution in [2.45, 2.75) is 6.92 Å². The molecular formula is C14H13N3O4S. The number of nitrogens with zero attached hydrogens (tertiary/aromatic N) is 2.